The van der Waals surface area contributed by atoms with E-state index in [2.05, 4.69) is 22.6 Å². The second kappa shape index (κ2) is 8.73. The summed E-state index contributed by atoms with van der Waals surface area (Å²) in [6.45, 7) is 7.07. The molecule has 5 heteroatoms. The molecule has 1 aliphatic heterocycles. The molecular formula is C14H21INO3+. The van der Waals surface area contributed by atoms with Crippen LogP contribution in [0, 0.1) is 3.57 Å². The molecule has 0 unspecified atom stereocenters. The average Bonchev–Trinajstić information content (AvgIpc) is 2.45. The Hall–Kier alpha value is -0.370. The predicted octanol–water partition coefficient (Wildman–Crippen LogP) is 0.602. The molecule has 0 atom stereocenters. The van der Waals surface area contributed by atoms with Gasteiger partial charge >= 0.3 is 0 Å². The Morgan fingerprint density at radius 2 is 1.89 bits per heavy atom. The SMILES string of the molecule is Ic1ccccc1OCCOCC[NH+]1CCOCC1. The van der Waals surface area contributed by atoms with Crippen molar-refractivity contribution in [2.24, 2.45) is 0 Å². The van der Waals surface area contributed by atoms with Crippen molar-refractivity contribution in [2.75, 3.05) is 52.7 Å². The van der Waals surface area contributed by atoms with Crippen molar-refractivity contribution in [3.63, 3.8) is 0 Å². The molecule has 19 heavy (non-hydrogen) atoms. The second-order valence-corrected chi connectivity index (χ2v) is 5.67. The average molecular weight is 378 g/mol. The lowest BCUT2D eigenvalue weighted by Crippen LogP contribution is -3.14. The quantitative estimate of drug-likeness (QED) is 0.557. The van der Waals surface area contributed by atoms with Crippen molar-refractivity contribution < 1.29 is 19.1 Å². The fraction of sp³-hybridized carbons (Fsp3) is 0.571. The lowest BCUT2D eigenvalue weighted by molar-refractivity contribution is -0.908. The lowest BCUT2D eigenvalue weighted by Gasteiger charge is -2.23. The van der Waals surface area contributed by atoms with Crippen molar-refractivity contribution in [1.82, 2.24) is 0 Å². The Morgan fingerprint density at radius 1 is 1.11 bits per heavy atom. The van der Waals surface area contributed by atoms with Crippen molar-refractivity contribution in [3.8, 4) is 5.75 Å². The summed E-state index contributed by atoms with van der Waals surface area (Å²) in [5.41, 5.74) is 0. The molecular weight excluding hydrogens is 357 g/mol. The van der Waals surface area contributed by atoms with Crippen LogP contribution in [0.4, 0.5) is 0 Å². The van der Waals surface area contributed by atoms with Gasteiger partial charge in [0.05, 0.1) is 30.0 Å². The smallest absolute Gasteiger partial charge is 0.132 e. The first-order valence-corrected chi connectivity index (χ1v) is 7.80. The van der Waals surface area contributed by atoms with Crippen LogP contribution in [0.1, 0.15) is 0 Å². The van der Waals surface area contributed by atoms with Crippen LogP contribution in [-0.2, 0) is 9.47 Å². The highest BCUT2D eigenvalue weighted by Gasteiger charge is 2.12. The van der Waals surface area contributed by atoms with Gasteiger partial charge in [-0.3, -0.25) is 0 Å². The van der Waals surface area contributed by atoms with Gasteiger partial charge in [0.25, 0.3) is 0 Å². The van der Waals surface area contributed by atoms with E-state index in [4.69, 9.17) is 14.2 Å². The molecule has 1 N–H and O–H groups in total. The maximum atomic E-state index is 5.67. The number of nitrogens with one attached hydrogen (secondary N) is 1. The minimum atomic E-state index is 0.610. The van der Waals surface area contributed by atoms with Gasteiger partial charge in [0, 0.05) is 0 Å². The van der Waals surface area contributed by atoms with E-state index in [0.29, 0.717) is 13.2 Å². The molecule has 1 fully saturated rings. The third kappa shape index (κ3) is 5.64. The number of benzene rings is 1. The molecule has 1 aromatic rings. The summed E-state index contributed by atoms with van der Waals surface area (Å²) >= 11 is 2.28. The zero-order chi connectivity index (χ0) is 13.3. The fourth-order valence-corrected chi connectivity index (χ4v) is 2.54. The van der Waals surface area contributed by atoms with Crippen molar-refractivity contribution in [3.05, 3.63) is 27.8 Å². The van der Waals surface area contributed by atoms with E-state index in [1.165, 1.54) is 0 Å². The lowest BCUT2D eigenvalue weighted by atomic mass is 10.3. The van der Waals surface area contributed by atoms with E-state index >= 15 is 0 Å². The third-order valence-corrected chi connectivity index (χ3v) is 4.01. The normalized spacial score (nSPS) is 16.5. The number of para-hydroxylation sites is 1. The molecule has 1 aliphatic rings. The Bertz CT molecular complexity index is 369. The van der Waals surface area contributed by atoms with Crippen molar-refractivity contribution in [1.29, 1.82) is 0 Å². The maximum Gasteiger partial charge on any atom is 0.132 e. The van der Waals surface area contributed by atoms with Crippen LogP contribution in [0.15, 0.2) is 24.3 Å². The highest BCUT2D eigenvalue weighted by molar-refractivity contribution is 14.1. The molecule has 1 saturated heterocycles. The molecule has 106 valence electrons. The van der Waals surface area contributed by atoms with E-state index in [1.54, 1.807) is 4.90 Å². The minimum absolute atomic E-state index is 0.610. The van der Waals surface area contributed by atoms with Gasteiger partial charge in [0.1, 0.15) is 32.0 Å². The number of quaternary nitrogens is 1. The largest absolute Gasteiger partial charge is 0.490 e. The van der Waals surface area contributed by atoms with Crippen LogP contribution in [0.25, 0.3) is 0 Å². The molecule has 0 aromatic heterocycles. The van der Waals surface area contributed by atoms with E-state index in [1.807, 2.05) is 24.3 Å². The Morgan fingerprint density at radius 3 is 2.68 bits per heavy atom. The van der Waals surface area contributed by atoms with Gasteiger partial charge in [-0.25, -0.2) is 0 Å². The zero-order valence-corrected chi connectivity index (χ0v) is 13.2. The van der Waals surface area contributed by atoms with Gasteiger partial charge in [0.2, 0.25) is 0 Å². The third-order valence-electron chi connectivity index (χ3n) is 3.12. The van der Waals surface area contributed by atoms with Crippen molar-refractivity contribution >= 4 is 22.6 Å². The zero-order valence-electron chi connectivity index (χ0n) is 11.1. The number of rotatable bonds is 7. The molecule has 2 rings (SSSR count). The molecule has 0 spiro atoms. The molecule has 1 aromatic carbocycles. The first kappa shape index (κ1) is 15.0. The van der Waals surface area contributed by atoms with Gasteiger partial charge in [-0.1, -0.05) is 12.1 Å². The summed E-state index contributed by atoms with van der Waals surface area (Å²) in [4.78, 5) is 1.57. The standard InChI is InChI=1S/C14H20INO3/c15-13-3-1-2-4-14(13)19-12-11-18-10-7-16-5-8-17-9-6-16/h1-4H,5-12H2/p+1. The Kier molecular flexibility index (Phi) is 6.91. The highest BCUT2D eigenvalue weighted by atomic mass is 127. The van der Waals surface area contributed by atoms with Crippen LogP contribution in [0.5, 0.6) is 5.75 Å². The predicted molar refractivity (Wildman–Crippen MR) is 81.9 cm³/mol. The number of morpholine rings is 1. The van der Waals surface area contributed by atoms with Gasteiger partial charge in [-0.2, -0.15) is 0 Å². The Labute approximate surface area is 128 Å². The number of halogens is 1. The number of hydrogen-bond donors (Lipinski definition) is 1. The number of ether oxygens (including phenoxy) is 3. The van der Waals surface area contributed by atoms with Crippen LogP contribution < -0.4 is 9.64 Å². The van der Waals surface area contributed by atoms with Crippen LogP contribution in [0.3, 0.4) is 0 Å². The molecule has 0 aliphatic carbocycles. The van der Waals surface area contributed by atoms with E-state index in [9.17, 15) is 0 Å². The van der Waals surface area contributed by atoms with Crippen LogP contribution >= 0.6 is 22.6 Å². The van der Waals surface area contributed by atoms with E-state index in [0.717, 1.165) is 48.8 Å². The minimum Gasteiger partial charge on any atom is -0.490 e. The number of hydrogen-bond acceptors (Lipinski definition) is 3. The topological polar surface area (TPSA) is 32.1 Å². The molecule has 0 amide bonds. The summed E-state index contributed by atoms with van der Waals surface area (Å²) in [6.07, 6.45) is 0. The molecule has 0 radical (unpaired) electrons. The molecule has 0 saturated carbocycles. The van der Waals surface area contributed by atoms with Gasteiger partial charge < -0.3 is 19.1 Å². The summed E-state index contributed by atoms with van der Waals surface area (Å²) in [6, 6.07) is 8.02. The van der Waals surface area contributed by atoms with Crippen LogP contribution in [-0.4, -0.2) is 52.7 Å². The first-order valence-electron chi connectivity index (χ1n) is 6.72. The molecule has 4 nitrogen and oxygen atoms in total. The fourth-order valence-electron chi connectivity index (χ4n) is 2.00. The van der Waals surface area contributed by atoms with Gasteiger partial charge in [-0.15, -0.1) is 0 Å². The summed E-state index contributed by atoms with van der Waals surface area (Å²) in [5.74, 6) is 0.936. The molecule has 1 heterocycles. The van der Waals surface area contributed by atoms with E-state index < -0.39 is 0 Å². The summed E-state index contributed by atoms with van der Waals surface area (Å²) in [5, 5.41) is 0. The first-order chi connectivity index (χ1) is 9.36. The second-order valence-electron chi connectivity index (χ2n) is 4.50. The van der Waals surface area contributed by atoms with Gasteiger partial charge in [0.15, 0.2) is 0 Å². The van der Waals surface area contributed by atoms with Crippen molar-refractivity contribution in [2.45, 2.75) is 0 Å². The highest BCUT2D eigenvalue weighted by Crippen LogP contribution is 2.19. The van der Waals surface area contributed by atoms with E-state index in [-0.39, 0.29) is 0 Å². The monoisotopic (exact) mass is 378 g/mol. The summed E-state index contributed by atoms with van der Waals surface area (Å²) in [7, 11) is 0. The molecule has 0 bridgehead atoms. The maximum absolute atomic E-state index is 5.67. The summed E-state index contributed by atoms with van der Waals surface area (Å²) < 4.78 is 17.7. The van der Waals surface area contributed by atoms with Crippen LogP contribution in [0.2, 0.25) is 0 Å². The Balaban J connectivity index is 1.51. The van der Waals surface area contributed by atoms with Gasteiger partial charge in [-0.05, 0) is 34.7 Å².